The number of carbonyl (C=O) groups is 1. The van der Waals surface area contributed by atoms with E-state index in [-0.39, 0.29) is 36.8 Å². The summed E-state index contributed by atoms with van der Waals surface area (Å²) in [5.74, 6) is -1.11. The molecule has 8 heteroatoms. The highest BCUT2D eigenvalue weighted by atomic mass is 19.1. The van der Waals surface area contributed by atoms with Gasteiger partial charge in [0.25, 0.3) is 0 Å². The van der Waals surface area contributed by atoms with Gasteiger partial charge in [0.2, 0.25) is 0 Å². The number of nitrogens with zero attached hydrogens (tertiary/aromatic N) is 3. The smallest absolute Gasteiger partial charge is 0.306 e. The molecule has 0 amide bonds. The molecule has 23 heavy (non-hydrogen) atoms. The average molecular weight is 325 g/mol. The summed E-state index contributed by atoms with van der Waals surface area (Å²) in [6.45, 7) is 0.526. The van der Waals surface area contributed by atoms with E-state index in [4.69, 9.17) is 9.47 Å². The minimum atomic E-state index is -0.717. The third-order valence-corrected chi connectivity index (χ3v) is 3.08. The third kappa shape index (κ3) is 4.56. The predicted molar refractivity (Wildman–Crippen MR) is 77.5 cm³/mol. The van der Waals surface area contributed by atoms with Crippen LogP contribution in [0.25, 0.3) is 11.4 Å². The van der Waals surface area contributed by atoms with Gasteiger partial charge in [0, 0.05) is 26.6 Å². The Morgan fingerprint density at radius 1 is 1.30 bits per heavy atom. The van der Waals surface area contributed by atoms with Crippen LogP contribution in [-0.2, 0) is 27.7 Å². The van der Waals surface area contributed by atoms with Gasteiger partial charge < -0.3 is 9.47 Å². The molecule has 0 fully saturated rings. The zero-order valence-corrected chi connectivity index (χ0v) is 12.9. The molecular formula is C15H17F2N3O3. The molecular weight excluding hydrogens is 308 g/mol. The van der Waals surface area contributed by atoms with E-state index in [0.717, 1.165) is 12.1 Å². The monoisotopic (exact) mass is 325 g/mol. The zero-order chi connectivity index (χ0) is 16.8. The van der Waals surface area contributed by atoms with Crippen molar-refractivity contribution in [2.24, 2.45) is 7.05 Å². The van der Waals surface area contributed by atoms with Gasteiger partial charge in [0.1, 0.15) is 18.2 Å². The van der Waals surface area contributed by atoms with Crippen LogP contribution in [0.4, 0.5) is 8.78 Å². The standard InChI is InChI=1S/C15H17F2N3O3/c1-20-15(11-4-3-10(16)9-12(11)17)18-13(19-20)5-6-14(21)23-8-7-22-2/h3-4,9H,5-8H2,1-2H3. The quantitative estimate of drug-likeness (QED) is 0.574. The Morgan fingerprint density at radius 2 is 2.09 bits per heavy atom. The predicted octanol–water partition coefficient (Wildman–Crippen LogP) is 1.88. The van der Waals surface area contributed by atoms with Gasteiger partial charge in [-0.1, -0.05) is 0 Å². The van der Waals surface area contributed by atoms with Gasteiger partial charge in [0.15, 0.2) is 11.6 Å². The lowest BCUT2D eigenvalue weighted by Crippen LogP contribution is -2.10. The molecule has 0 unspecified atom stereocenters. The van der Waals surface area contributed by atoms with Gasteiger partial charge in [-0.05, 0) is 12.1 Å². The fraction of sp³-hybridized carbons (Fsp3) is 0.400. The molecule has 2 aromatic rings. The maximum atomic E-state index is 13.8. The molecule has 0 atom stereocenters. The molecule has 0 saturated carbocycles. The Morgan fingerprint density at radius 3 is 2.78 bits per heavy atom. The molecule has 1 aromatic carbocycles. The first-order valence-electron chi connectivity index (χ1n) is 7.01. The van der Waals surface area contributed by atoms with Gasteiger partial charge >= 0.3 is 5.97 Å². The Kier molecular flexibility index (Phi) is 5.75. The van der Waals surface area contributed by atoms with Crippen LogP contribution >= 0.6 is 0 Å². The molecule has 1 aromatic heterocycles. The van der Waals surface area contributed by atoms with E-state index in [1.54, 1.807) is 7.05 Å². The van der Waals surface area contributed by atoms with E-state index in [1.807, 2.05) is 0 Å². The van der Waals surface area contributed by atoms with E-state index in [2.05, 4.69) is 10.1 Å². The summed E-state index contributed by atoms with van der Waals surface area (Å²) in [6, 6.07) is 3.24. The van der Waals surface area contributed by atoms with Crippen LogP contribution in [0.2, 0.25) is 0 Å². The maximum Gasteiger partial charge on any atom is 0.306 e. The second kappa shape index (κ2) is 7.77. The number of benzene rings is 1. The van der Waals surface area contributed by atoms with E-state index >= 15 is 0 Å². The second-order valence-electron chi connectivity index (χ2n) is 4.81. The Balaban J connectivity index is 2.02. The third-order valence-electron chi connectivity index (χ3n) is 3.08. The van der Waals surface area contributed by atoms with E-state index < -0.39 is 11.6 Å². The van der Waals surface area contributed by atoms with Gasteiger partial charge in [-0.3, -0.25) is 4.79 Å². The summed E-state index contributed by atoms with van der Waals surface area (Å²) in [6.07, 6.45) is 0.377. The number of aromatic nitrogens is 3. The number of esters is 1. The summed E-state index contributed by atoms with van der Waals surface area (Å²) in [5.41, 5.74) is 0.148. The first kappa shape index (κ1) is 17.0. The van der Waals surface area contributed by atoms with Gasteiger partial charge in [0.05, 0.1) is 18.6 Å². The van der Waals surface area contributed by atoms with E-state index in [1.165, 1.54) is 17.9 Å². The van der Waals surface area contributed by atoms with Crippen molar-refractivity contribution in [2.75, 3.05) is 20.3 Å². The molecule has 6 nitrogen and oxygen atoms in total. The molecule has 0 aliphatic carbocycles. The first-order chi connectivity index (χ1) is 11.0. The lowest BCUT2D eigenvalue weighted by atomic mass is 10.2. The molecule has 0 spiro atoms. The summed E-state index contributed by atoms with van der Waals surface area (Å²) < 4.78 is 37.9. The van der Waals surface area contributed by atoms with Crippen molar-refractivity contribution in [1.82, 2.24) is 14.8 Å². The van der Waals surface area contributed by atoms with Crippen molar-refractivity contribution in [3.05, 3.63) is 35.7 Å². The largest absolute Gasteiger partial charge is 0.463 e. The zero-order valence-electron chi connectivity index (χ0n) is 12.9. The molecule has 0 N–H and O–H groups in total. The molecule has 124 valence electrons. The highest BCUT2D eigenvalue weighted by molar-refractivity contribution is 5.69. The van der Waals surface area contributed by atoms with Crippen molar-refractivity contribution in [3.63, 3.8) is 0 Å². The van der Waals surface area contributed by atoms with Crippen molar-refractivity contribution in [3.8, 4) is 11.4 Å². The topological polar surface area (TPSA) is 66.2 Å². The maximum absolute atomic E-state index is 13.8. The number of halogens is 2. The first-order valence-corrected chi connectivity index (χ1v) is 7.01. The molecule has 2 rings (SSSR count). The van der Waals surface area contributed by atoms with Crippen LogP contribution in [0.5, 0.6) is 0 Å². The van der Waals surface area contributed by atoms with Crippen LogP contribution in [-0.4, -0.2) is 41.1 Å². The summed E-state index contributed by atoms with van der Waals surface area (Å²) in [7, 11) is 3.12. The Hall–Kier alpha value is -2.35. The minimum absolute atomic E-state index is 0.110. The minimum Gasteiger partial charge on any atom is -0.463 e. The second-order valence-corrected chi connectivity index (χ2v) is 4.81. The lowest BCUT2D eigenvalue weighted by molar-refractivity contribution is -0.144. The number of methoxy groups -OCH3 is 1. The fourth-order valence-electron chi connectivity index (χ4n) is 1.97. The number of ether oxygens (including phenoxy) is 2. The van der Waals surface area contributed by atoms with Gasteiger partial charge in [-0.2, -0.15) is 5.10 Å². The highest BCUT2D eigenvalue weighted by Gasteiger charge is 2.15. The van der Waals surface area contributed by atoms with Gasteiger partial charge in [-0.15, -0.1) is 0 Å². The number of hydrogen-bond acceptors (Lipinski definition) is 5. The van der Waals surface area contributed by atoms with Crippen LogP contribution in [0.1, 0.15) is 12.2 Å². The molecule has 0 bridgehead atoms. The van der Waals surface area contributed by atoms with Crippen molar-refractivity contribution >= 4 is 5.97 Å². The molecule has 0 aliphatic rings. The summed E-state index contributed by atoms with van der Waals surface area (Å²) in [5, 5.41) is 4.13. The number of rotatable bonds is 7. The lowest BCUT2D eigenvalue weighted by Gasteiger charge is -2.02. The van der Waals surface area contributed by atoms with Crippen LogP contribution in [0.3, 0.4) is 0 Å². The molecule has 0 radical (unpaired) electrons. The van der Waals surface area contributed by atoms with E-state index in [0.29, 0.717) is 12.4 Å². The molecule has 0 aliphatic heterocycles. The van der Waals surface area contributed by atoms with Crippen LogP contribution < -0.4 is 0 Å². The van der Waals surface area contributed by atoms with Crippen molar-refractivity contribution in [2.45, 2.75) is 12.8 Å². The average Bonchev–Trinajstić information content (AvgIpc) is 2.86. The normalized spacial score (nSPS) is 10.8. The highest BCUT2D eigenvalue weighted by Crippen LogP contribution is 2.21. The number of aryl methyl sites for hydroxylation is 2. The van der Waals surface area contributed by atoms with E-state index in [9.17, 15) is 13.6 Å². The number of hydrogen-bond donors (Lipinski definition) is 0. The number of carbonyl (C=O) groups excluding carboxylic acids is 1. The Labute approximate surface area is 132 Å². The molecule has 1 heterocycles. The van der Waals surface area contributed by atoms with Crippen LogP contribution in [0.15, 0.2) is 18.2 Å². The SMILES string of the molecule is COCCOC(=O)CCc1nc(-c2ccc(F)cc2F)n(C)n1. The van der Waals surface area contributed by atoms with Gasteiger partial charge in [-0.25, -0.2) is 18.4 Å². The van der Waals surface area contributed by atoms with Crippen molar-refractivity contribution < 1.29 is 23.0 Å². The Bertz CT molecular complexity index is 689. The summed E-state index contributed by atoms with van der Waals surface area (Å²) in [4.78, 5) is 15.7. The fourth-order valence-corrected chi connectivity index (χ4v) is 1.97. The van der Waals surface area contributed by atoms with Crippen molar-refractivity contribution in [1.29, 1.82) is 0 Å². The molecule has 0 saturated heterocycles. The van der Waals surface area contributed by atoms with Crippen LogP contribution in [0, 0.1) is 11.6 Å². The summed E-state index contributed by atoms with van der Waals surface area (Å²) >= 11 is 0.